The molecule has 0 fully saturated rings. The van der Waals surface area contributed by atoms with E-state index in [1.165, 1.54) is 0 Å². The number of amides is 1. The van der Waals surface area contributed by atoms with Crippen LogP contribution in [0, 0.1) is 0 Å². The van der Waals surface area contributed by atoms with Gasteiger partial charge in [-0.3, -0.25) is 21.0 Å². The molecule has 0 aliphatic carbocycles. The highest BCUT2D eigenvalue weighted by Gasteiger charge is 2.06. The Labute approximate surface area is 139 Å². The average molecular weight is 330 g/mol. The van der Waals surface area contributed by atoms with Crippen LogP contribution in [0.1, 0.15) is 10.4 Å². The highest BCUT2D eigenvalue weighted by atomic mass is 32.1. The molecule has 0 heterocycles. The normalized spacial score (nSPS) is 9.45. The number of benzene rings is 2. The zero-order chi connectivity index (χ0) is 15.8. The van der Waals surface area contributed by atoms with Crippen LogP contribution >= 0.6 is 24.4 Å². The number of hydrogen-bond acceptors (Lipinski definition) is 3. The van der Waals surface area contributed by atoms with E-state index in [0.717, 1.165) is 5.69 Å². The molecule has 0 bridgehead atoms. The average Bonchev–Trinajstić information content (AvgIpc) is 2.55. The third-order valence-electron chi connectivity index (χ3n) is 2.58. The summed E-state index contributed by atoms with van der Waals surface area (Å²) in [5.41, 5.74) is 6.72. The van der Waals surface area contributed by atoms with Gasteiger partial charge in [-0.15, -0.1) is 0 Å². The van der Waals surface area contributed by atoms with Crippen molar-refractivity contribution in [2.45, 2.75) is 0 Å². The molecule has 0 spiro atoms. The van der Waals surface area contributed by atoms with Crippen LogP contribution in [0.3, 0.4) is 0 Å². The zero-order valence-corrected chi connectivity index (χ0v) is 13.1. The van der Waals surface area contributed by atoms with Gasteiger partial charge in [0.25, 0.3) is 5.91 Å². The Balaban J connectivity index is 1.76. The number of carbonyl (C=O) groups is 1. The molecule has 2 rings (SSSR count). The van der Waals surface area contributed by atoms with E-state index in [1.54, 1.807) is 24.3 Å². The fourth-order valence-electron chi connectivity index (χ4n) is 1.59. The van der Waals surface area contributed by atoms with Crippen LogP contribution in [0.25, 0.3) is 0 Å². The fourth-order valence-corrected chi connectivity index (χ4v) is 1.91. The number of para-hydroxylation sites is 1. The van der Waals surface area contributed by atoms with Crippen molar-refractivity contribution in [3.8, 4) is 0 Å². The van der Waals surface area contributed by atoms with Gasteiger partial charge < -0.3 is 5.32 Å². The molecule has 22 heavy (non-hydrogen) atoms. The molecule has 0 saturated heterocycles. The Kier molecular flexibility index (Phi) is 5.81. The summed E-state index contributed by atoms with van der Waals surface area (Å²) in [5, 5.41) is 5.98. The predicted molar refractivity (Wildman–Crippen MR) is 95.4 cm³/mol. The molecule has 4 N–H and O–H groups in total. The molecule has 0 atom stereocenters. The maximum Gasteiger partial charge on any atom is 0.257 e. The van der Waals surface area contributed by atoms with E-state index in [0.29, 0.717) is 10.7 Å². The molecule has 0 aliphatic rings. The molecule has 7 heteroatoms. The van der Waals surface area contributed by atoms with Gasteiger partial charge in [0.15, 0.2) is 10.2 Å². The Morgan fingerprint density at radius 1 is 0.773 bits per heavy atom. The van der Waals surface area contributed by atoms with Crippen molar-refractivity contribution in [1.29, 1.82) is 0 Å². The standard InChI is InChI=1S/C15H14N4OS2/c20-13(11-7-3-1-4-8-11)17-15(22)19-18-14(21)16-12-9-5-2-6-10-12/h1-10H,(H2,16,18,21)(H2,17,19,20,22). The number of rotatable bonds is 2. The molecule has 0 saturated carbocycles. The summed E-state index contributed by atoms with van der Waals surface area (Å²) in [6.07, 6.45) is 0. The third kappa shape index (κ3) is 5.12. The van der Waals surface area contributed by atoms with E-state index in [9.17, 15) is 4.79 Å². The van der Waals surface area contributed by atoms with Crippen LogP contribution in [0.2, 0.25) is 0 Å². The van der Waals surface area contributed by atoms with Crippen molar-refractivity contribution in [2.24, 2.45) is 0 Å². The summed E-state index contributed by atoms with van der Waals surface area (Å²) < 4.78 is 0. The van der Waals surface area contributed by atoms with Crippen LogP contribution in [0.4, 0.5) is 5.69 Å². The van der Waals surface area contributed by atoms with Crippen LogP contribution in [0.15, 0.2) is 60.7 Å². The molecule has 112 valence electrons. The fraction of sp³-hybridized carbons (Fsp3) is 0. The highest BCUT2D eigenvalue weighted by Crippen LogP contribution is 2.03. The van der Waals surface area contributed by atoms with E-state index in [1.807, 2.05) is 36.4 Å². The maximum atomic E-state index is 11.9. The Morgan fingerprint density at radius 2 is 1.32 bits per heavy atom. The van der Waals surface area contributed by atoms with Crippen molar-refractivity contribution >= 4 is 46.3 Å². The second kappa shape index (κ2) is 8.06. The summed E-state index contributed by atoms with van der Waals surface area (Å²) in [5.74, 6) is -0.290. The zero-order valence-electron chi connectivity index (χ0n) is 11.5. The van der Waals surface area contributed by atoms with Gasteiger partial charge in [0.05, 0.1) is 0 Å². The molecular formula is C15H14N4OS2. The topological polar surface area (TPSA) is 65.2 Å². The van der Waals surface area contributed by atoms with Gasteiger partial charge in [-0.1, -0.05) is 36.4 Å². The van der Waals surface area contributed by atoms with Gasteiger partial charge in [-0.05, 0) is 48.7 Å². The van der Waals surface area contributed by atoms with Crippen molar-refractivity contribution in [2.75, 3.05) is 5.32 Å². The number of anilines is 1. The summed E-state index contributed by atoms with van der Waals surface area (Å²) in [6.45, 7) is 0. The van der Waals surface area contributed by atoms with E-state index < -0.39 is 0 Å². The first-order valence-corrected chi connectivity index (χ1v) is 7.25. The van der Waals surface area contributed by atoms with Gasteiger partial charge in [-0.25, -0.2) is 0 Å². The number of nitrogens with one attached hydrogen (secondary N) is 4. The number of thiocarbonyl (C=S) groups is 2. The molecule has 2 aromatic carbocycles. The third-order valence-corrected chi connectivity index (χ3v) is 2.99. The molecule has 2 aromatic rings. The monoisotopic (exact) mass is 330 g/mol. The highest BCUT2D eigenvalue weighted by molar-refractivity contribution is 7.80. The lowest BCUT2D eigenvalue weighted by Gasteiger charge is -2.13. The second-order valence-electron chi connectivity index (χ2n) is 4.22. The molecule has 0 aliphatic heterocycles. The Morgan fingerprint density at radius 3 is 1.95 bits per heavy atom. The minimum Gasteiger partial charge on any atom is -0.331 e. The lowest BCUT2D eigenvalue weighted by atomic mass is 10.2. The molecule has 1 amide bonds. The minimum absolute atomic E-state index is 0.131. The van der Waals surface area contributed by atoms with Crippen molar-refractivity contribution in [1.82, 2.24) is 16.2 Å². The van der Waals surface area contributed by atoms with Crippen LogP contribution in [-0.4, -0.2) is 16.1 Å². The first-order chi connectivity index (χ1) is 10.6. The minimum atomic E-state index is -0.290. The van der Waals surface area contributed by atoms with E-state index >= 15 is 0 Å². The number of hydrogen-bond donors (Lipinski definition) is 4. The van der Waals surface area contributed by atoms with Gasteiger partial charge >= 0.3 is 0 Å². The molecular weight excluding hydrogens is 316 g/mol. The summed E-state index contributed by atoms with van der Waals surface area (Å²) in [6, 6.07) is 18.3. The molecule has 0 radical (unpaired) electrons. The summed E-state index contributed by atoms with van der Waals surface area (Å²) >= 11 is 10.1. The molecule has 5 nitrogen and oxygen atoms in total. The maximum absolute atomic E-state index is 11.9. The lowest BCUT2D eigenvalue weighted by Crippen LogP contribution is -2.49. The van der Waals surface area contributed by atoms with E-state index in [2.05, 4.69) is 21.5 Å². The number of hydrazine groups is 1. The summed E-state index contributed by atoms with van der Waals surface area (Å²) in [7, 11) is 0. The summed E-state index contributed by atoms with van der Waals surface area (Å²) in [4.78, 5) is 11.9. The van der Waals surface area contributed by atoms with Crippen molar-refractivity contribution < 1.29 is 4.79 Å². The first-order valence-electron chi connectivity index (χ1n) is 6.43. The van der Waals surface area contributed by atoms with Gasteiger partial charge in [0.1, 0.15) is 0 Å². The van der Waals surface area contributed by atoms with E-state index in [4.69, 9.17) is 24.4 Å². The Bertz CT molecular complexity index is 662. The van der Waals surface area contributed by atoms with Crippen LogP contribution in [-0.2, 0) is 0 Å². The smallest absolute Gasteiger partial charge is 0.257 e. The predicted octanol–water partition coefficient (Wildman–Crippen LogP) is 2.19. The van der Waals surface area contributed by atoms with Crippen molar-refractivity contribution in [3.05, 3.63) is 66.2 Å². The molecule has 0 unspecified atom stereocenters. The number of carbonyl (C=O) groups excluding carboxylic acids is 1. The van der Waals surface area contributed by atoms with Gasteiger partial charge in [0, 0.05) is 11.3 Å². The van der Waals surface area contributed by atoms with Gasteiger partial charge in [-0.2, -0.15) is 0 Å². The van der Waals surface area contributed by atoms with Crippen molar-refractivity contribution in [3.63, 3.8) is 0 Å². The Hall–Kier alpha value is -2.51. The quantitative estimate of drug-likeness (QED) is 0.500. The van der Waals surface area contributed by atoms with E-state index in [-0.39, 0.29) is 11.0 Å². The lowest BCUT2D eigenvalue weighted by molar-refractivity contribution is 0.0976. The first kappa shape index (κ1) is 15.9. The second-order valence-corrected chi connectivity index (χ2v) is 5.04. The van der Waals surface area contributed by atoms with Crippen LogP contribution < -0.4 is 21.5 Å². The molecule has 0 aromatic heterocycles. The van der Waals surface area contributed by atoms with Crippen LogP contribution in [0.5, 0.6) is 0 Å². The van der Waals surface area contributed by atoms with Gasteiger partial charge in [0.2, 0.25) is 0 Å². The SMILES string of the molecule is O=C(NC(=S)NNC(=S)Nc1ccccc1)c1ccccc1. The largest absolute Gasteiger partial charge is 0.331 e.